The van der Waals surface area contributed by atoms with Gasteiger partial charge in [0.2, 0.25) is 0 Å². The predicted molar refractivity (Wildman–Crippen MR) is 61.1 cm³/mol. The average Bonchev–Trinajstić information content (AvgIpc) is 2.56. The summed E-state index contributed by atoms with van der Waals surface area (Å²) in [5.74, 6) is 0.420. The molecule has 15 heavy (non-hydrogen) atoms. The van der Waals surface area contributed by atoms with Crippen molar-refractivity contribution in [3.05, 3.63) is 11.3 Å². The molecule has 1 rings (SSSR count). The Morgan fingerprint density at radius 2 is 2.40 bits per heavy atom. The van der Waals surface area contributed by atoms with Crippen molar-refractivity contribution in [1.29, 1.82) is 5.26 Å². The number of methoxy groups -OCH3 is 1. The molecular formula is C10H15N3OS. The number of aryl methyl sites for hydroxylation is 1. The summed E-state index contributed by atoms with van der Waals surface area (Å²) in [4.78, 5) is 0. The summed E-state index contributed by atoms with van der Waals surface area (Å²) in [6, 6.07) is 2.15. The first-order valence-electron chi connectivity index (χ1n) is 4.78. The van der Waals surface area contributed by atoms with Crippen LogP contribution >= 0.6 is 11.5 Å². The maximum absolute atomic E-state index is 8.91. The summed E-state index contributed by atoms with van der Waals surface area (Å²) >= 11 is 1.34. The Morgan fingerprint density at radius 3 is 3.00 bits per heavy atom. The normalized spacial score (nSPS) is 12.1. The molecule has 0 aliphatic carbocycles. The second-order valence-corrected chi connectivity index (χ2v) is 4.30. The number of nitrogens with zero attached hydrogens (tertiary/aromatic N) is 2. The minimum atomic E-state index is 0.420. The topological polar surface area (TPSA) is 57.9 Å². The van der Waals surface area contributed by atoms with Gasteiger partial charge in [-0.2, -0.15) is 9.64 Å². The van der Waals surface area contributed by atoms with Crippen molar-refractivity contribution < 1.29 is 4.74 Å². The third-order valence-electron chi connectivity index (χ3n) is 2.04. The van der Waals surface area contributed by atoms with E-state index in [1.165, 1.54) is 11.5 Å². The smallest absolute Gasteiger partial charge is 0.127 e. The third-order valence-corrected chi connectivity index (χ3v) is 2.93. The first-order valence-corrected chi connectivity index (χ1v) is 5.55. The van der Waals surface area contributed by atoms with Gasteiger partial charge in [0.05, 0.1) is 12.3 Å². The third kappa shape index (κ3) is 3.18. The zero-order valence-corrected chi connectivity index (χ0v) is 10.0. The molecule has 1 unspecified atom stereocenters. The zero-order chi connectivity index (χ0) is 11.3. The molecular weight excluding hydrogens is 210 g/mol. The highest BCUT2D eigenvalue weighted by atomic mass is 32.1. The summed E-state index contributed by atoms with van der Waals surface area (Å²) < 4.78 is 9.17. The monoisotopic (exact) mass is 225 g/mol. The molecule has 4 nitrogen and oxygen atoms in total. The van der Waals surface area contributed by atoms with Crippen LogP contribution in [0.15, 0.2) is 0 Å². The average molecular weight is 225 g/mol. The summed E-state index contributed by atoms with van der Waals surface area (Å²) in [5.41, 5.74) is 1.45. The quantitative estimate of drug-likeness (QED) is 0.833. The van der Waals surface area contributed by atoms with Gasteiger partial charge in [-0.25, -0.2) is 0 Å². The van der Waals surface area contributed by atoms with Gasteiger partial charge < -0.3 is 10.1 Å². The molecule has 1 N–H and O–H groups in total. The van der Waals surface area contributed by atoms with E-state index in [0.717, 1.165) is 17.2 Å². The number of rotatable bonds is 5. The molecule has 0 aliphatic heterocycles. The van der Waals surface area contributed by atoms with Crippen LogP contribution in [0.3, 0.4) is 0 Å². The molecule has 0 saturated carbocycles. The minimum absolute atomic E-state index is 0.420. The van der Waals surface area contributed by atoms with E-state index in [9.17, 15) is 0 Å². The highest BCUT2D eigenvalue weighted by molar-refractivity contribution is 7.10. The lowest BCUT2D eigenvalue weighted by Gasteiger charge is -2.10. The molecule has 0 fully saturated rings. The molecule has 1 aromatic rings. The molecule has 82 valence electrons. The summed E-state index contributed by atoms with van der Waals surface area (Å²) in [6.45, 7) is 5.45. The van der Waals surface area contributed by atoms with E-state index >= 15 is 0 Å². The first kappa shape index (κ1) is 12.0. The van der Waals surface area contributed by atoms with Crippen molar-refractivity contribution in [3.8, 4) is 6.07 Å². The van der Waals surface area contributed by atoms with Crippen LogP contribution in [0.2, 0.25) is 0 Å². The maximum Gasteiger partial charge on any atom is 0.127 e. The highest BCUT2D eigenvalue weighted by Crippen LogP contribution is 2.23. The molecule has 1 aromatic heterocycles. The van der Waals surface area contributed by atoms with E-state index in [2.05, 4.69) is 22.7 Å². The van der Waals surface area contributed by atoms with Crippen molar-refractivity contribution in [2.75, 3.05) is 25.6 Å². The molecule has 0 bridgehead atoms. The van der Waals surface area contributed by atoms with Crippen LogP contribution in [0.5, 0.6) is 0 Å². The zero-order valence-electron chi connectivity index (χ0n) is 9.20. The summed E-state index contributed by atoms with van der Waals surface area (Å²) in [7, 11) is 1.69. The van der Waals surface area contributed by atoms with E-state index in [1.807, 2.05) is 6.92 Å². The Bertz CT molecular complexity index is 356. The summed E-state index contributed by atoms with van der Waals surface area (Å²) in [5, 5.41) is 13.0. The van der Waals surface area contributed by atoms with Crippen LogP contribution < -0.4 is 5.32 Å². The largest absolute Gasteiger partial charge is 0.384 e. The van der Waals surface area contributed by atoms with Crippen molar-refractivity contribution in [2.24, 2.45) is 5.92 Å². The number of anilines is 1. The number of nitriles is 1. The van der Waals surface area contributed by atoms with E-state index < -0.39 is 0 Å². The SMILES string of the molecule is COCC(C)CNc1snc(C)c1C#N. The molecule has 0 aromatic carbocycles. The van der Waals surface area contributed by atoms with Crippen LogP contribution in [-0.2, 0) is 4.74 Å². The predicted octanol–water partition coefficient (Wildman–Crippen LogP) is 2.02. The van der Waals surface area contributed by atoms with Crippen LogP contribution in [0, 0.1) is 24.2 Å². The van der Waals surface area contributed by atoms with E-state index in [0.29, 0.717) is 18.1 Å². The number of ether oxygens (including phenoxy) is 1. The number of aromatic nitrogens is 1. The molecule has 0 aliphatic rings. The molecule has 5 heteroatoms. The standard InChI is InChI=1S/C10H15N3OS/c1-7(6-14-3)5-12-10-9(4-11)8(2)13-15-10/h7,12H,5-6H2,1-3H3. The molecule has 0 saturated heterocycles. The van der Waals surface area contributed by atoms with Crippen LogP contribution in [0.1, 0.15) is 18.2 Å². The van der Waals surface area contributed by atoms with Gasteiger partial charge in [-0.1, -0.05) is 6.92 Å². The lowest BCUT2D eigenvalue weighted by Crippen LogP contribution is -2.15. The van der Waals surface area contributed by atoms with E-state index in [-0.39, 0.29) is 0 Å². The second kappa shape index (κ2) is 5.69. The van der Waals surface area contributed by atoms with Gasteiger partial charge in [0.15, 0.2) is 0 Å². The van der Waals surface area contributed by atoms with Gasteiger partial charge in [0.25, 0.3) is 0 Å². The van der Waals surface area contributed by atoms with E-state index in [4.69, 9.17) is 10.00 Å². The van der Waals surface area contributed by atoms with Crippen LogP contribution in [-0.4, -0.2) is 24.6 Å². The number of hydrogen-bond acceptors (Lipinski definition) is 5. The van der Waals surface area contributed by atoms with Crippen LogP contribution in [0.4, 0.5) is 5.00 Å². The van der Waals surface area contributed by atoms with Gasteiger partial charge in [-0.15, -0.1) is 0 Å². The maximum atomic E-state index is 8.91. The Hall–Kier alpha value is -1.12. The van der Waals surface area contributed by atoms with Gasteiger partial charge in [-0.05, 0) is 24.4 Å². The summed E-state index contributed by atoms with van der Waals surface area (Å²) in [6.07, 6.45) is 0. The van der Waals surface area contributed by atoms with Crippen molar-refractivity contribution in [1.82, 2.24) is 4.37 Å². The highest BCUT2D eigenvalue weighted by Gasteiger charge is 2.10. The van der Waals surface area contributed by atoms with Gasteiger partial charge in [0, 0.05) is 13.7 Å². The number of hydrogen-bond donors (Lipinski definition) is 1. The fraction of sp³-hybridized carbons (Fsp3) is 0.600. The van der Waals surface area contributed by atoms with Gasteiger partial charge in [0.1, 0.15) is 16.6 Å². The van der Waals surface area contributed by atoms with Gasteiger partial charge in [-0.3, -0.25) is 0 Å². The minimum Gasteiger partial charge on any atom is -0.384 e. The Labute approximate surface area is 94.0 Å². The first-order chi connectivity index (χ1) is 7.19. The van der Waals surface area contributed by atoms with E-state index in [1.54, 1.807) is 7.11 Å². The Kier molecular flexibility index (Phi) is 4.53. The molecule has 0 radical (unpaired) electrons. The van der Waals surface area contributed by atoms with Gasteiger partial charge >= 0.3 is 0 Å². The molecule has 1 heterocycles. The van der Waals surface area contributed by atoms with Crippen molar-refractivity contribution >= 4 is 16.5 Å². The Morgan fingerprint density at radius 1 is 1.67 bits per heavy atom. The fourth-order valence-corrected chi connectivity index (χ4v) is 1.98. The van der Waals surface area contributed by atoms with Crippen LogP contribution in [0.25, 0.3) is 0 Å². The second-order valence-electron chi connectivity index (χ2n) is 3.53. The Balaban J connectivity index is 2.54. The fourth-order valence-electron chi connectivity index (χ4n) is 1.23. The lowest BCUT2D eigenvalue weighted by molar-refractivity contribution is 0.164. The lowest BCUT2D eigenvalue weighted by atomic mass is 10.2. The molecule has 0 spiro atoms. The van der Waals surface area contributed by atoms with Crippen molar-refractivity contribution in [3.63, 3.8) is 0 Å². The molecule has 1 atom stereocenters. The van der Waals surface area contributed by atoms with Crippen molar-refractivity contribution in [2.45, 2.75) is 13.8 Å². The molecule has 0 amide bonds. The number of nitrogens with one attached hydrogen (secondary N) is 1.